The molecule has 0 fully saturated rings. The molecule has 1 aromatic heterocycles. The van der Waals surface area contributed by atoms with E-state index in [2.05, 4.69) is 9.72 Å². The molecule has 0 saturated heterocycles. The molecule has 156 valence electrons. The third kappa shape index (κ3) is 5.28. The summed E-state index contributed by atoms with van der Waals surface area (Å²) in [6.45, 7) is 2.29. The number of aromatic nitrogens is 1. The molecule has 1 N–H and O–H groups in total. The van der Waals surface area contributed by atoms with Crippen LogP contribution in [0.15, 0.2) is 60.8 Å². The molecular weight excluding hydrogens is 399 g/mol. The number of carbonyl (C=O) groups is 1. The van der Waals surface area contributed by atoms with Gasteiger partial charge in [0, 0.05) is 18.2 Å². The standard InChI is InChI=1S/C22H18F3NO4/c1-2-29-17-6-3-5-14(11-17)15-8-9-16(20(13-15)30-22(23,24)25)12-19-18(21(27)28)7-4-10-26-19/h3-11,13H,2,12H2,1H3,(H,27,28). The van der Waals surface area contributed by atoms with Gasteiger partial charge in [0.25, 0.3) is 0 Å². The van der Waals surface area contributed by atoms with Gasteiger partial charge in [0.1, 0.15) is 11.5 Å². The number of carboxylic acid groups (broad SMARTS) is 1. The third-order valence-electron chi connectivity index (χ3n) is 4.25. The normalized spacial score (nSPS) is 11.2. The van der Waals surface area contributed by atoms with Crippen LogP contribution in [0.4, 0.5) is 13.2 Å². The summed E-state index contributed by atoms with van der Waals surface area (Å²) >= 11 is 0. The van der Waals surface area contributed by atoms with Gasteiger partial charge in [0.15, 0.2) is 0 Å². The first-order chi connectivity index (χ1) is 14.3. The van der Waals surface area contributed by atoms with Crippen molar-refractivity contribution in [2.24, 2.45) is 0 Å². The number of benzene rings is 2. The molecule has 0 saturated carbocycles. The Labute approximate surface area is 170 Å². The fourth-order valence-electron chi connectivity index (χ4n) is 2.99. The predicted octanol–water partition coefficient (Wildman–Crippen LogP) is 5.33. The molecule has 1 heterocycles. The molecule has 0 aliphatic rings. The lowest BCUT2D eigenvalue weighted by atomic mass is 9.99. The minimum atomic E-state index is -4.90. The van der Waals surface area contributed by atoms with E-state index in [0.29, 0.717) is 23.5 Å². The van der Waals surface area contributed by atoms with Crippen LogP contribution in [0.2, 0.25) is 0 Å². The summed E-state index contributed by atoms with van der Waals surface area (Å²) in [5, 5.41) is 9.30. The second kappa shape index (κ2) is 8.86. The zero-order valence-electron chi connectivity index (χ0n) is 15.9. The maximum Gasteiger partial charge on any atom is 0.573 e. The van der Waals surface area contributed by atoms with E-state index in [1.54, 1.807) is 30.3 Å². The van der Waals surface area contributed by atoms with Crippen LogP contribution in [-0.4, -0.2) is 29.0 Å². The Bertz CT molecular complexity index is 1050. The number of aromatic carboxylic acids is 1. The monoisotopic (exact) mass is 417 g/mol. The number of pyridine rings is 1. The van der Waals surface area contributed by atoms with Crippen molar-refractivity contribution in [2.45, 2.75) is 19.7 Å². The van der Waals surface area contributed by atoms with Crippen LogP contribution in [0, 0.1) is 0 Å². The molecule has 0 aliphatic heterocycles. The first-order valence-corrected chi connectivity index (χ1v) is 9.06. The summed E-state index contributed by atoms with van der Waals surface area (Å²) in [6, 6.07) is 14.2. The minimum Gasteiger partial charge on any atom is -0.494 e. The Morgan fingerprint density at radius 3 is 2.53 bits per heavy atom. The van der Waals surface area contributed by atoms with E-state index in [-0.39, 0.29) is 23.2 Å². The highest BCUT2D eigenvalue weighted by Gasteiger charge is 2.32. The zero-order valence-corrected chi connectivity index (χ0v) is 15.9. The van der Waals surface area contributed by atoms with Crippen molar-refractivity contribution in [3.63, 3.8) is 0 Å². The number of ether oxygens (including phenoxy) is 2. The smallest absolute Gasteiger partial charge is 0.494 e. The Morgan fingerprint density at radius 2 is 1.83 bits per heavy atom. The van der Waals surface area contributed by atoms with Gasteiger partial charge in [0.2, 0.25) is 0 Å². The van der Waals surface area contributed by atoms with Gasteiger partial charge in [0.05, 0.1) is 17.9 Å². The summed E-state index contributed by atoms with van der Waals surface area (Å²) in [5.74, 6) is -1.03. The Hall–Kier alpha value is -3.55. The van der Waals surface area contributed by atoms with Crippen molar-refractivity contribution in [3.8, 4) is 22.6 Å². The molecular formula is C22H18F3NO4. The van der Waals surface area contributed by atoms with Crippen LogP contribution in [0.25, 0.3) is 11.1 Å². The Balaban J connectivity index is 2.02. The lowest BCUT2D eigenvalue weighted by Crippen LogP contribution is -2.18. The van der Waals surface area contributed by atoms with E-state index in [0.717, 1.165) is 0 Å². The average Bonchev–Trinajstić information content (AvgIpc) is 2.69. The summed E-state index contributed by atoms with van der Waals surface area (Å²) in [6.07, 6.45) is -3.65. The molecule has 5 nitrogen and oxygen atoms in total. The van der Waals surface area contributed by atoms with Crippen LogP contribution in [-0.2, 0) is 6.42 Å². The van der Waals surface area contributed by atoms with E-state index in [9.17, 15) is 23.1 Å². The highest BCUT2D eigenvalue weighted by molar-refractivity contribution is 5.88. The highest BCUT2D eigenvalue weighted by Crippen LogP contribution is 2.34. The van der Waals surface area contributed by atoms with Gasteiger partial charge < -0.3 is 14.6 Å². The molecule has 0 bridgehead atoms. The van der Waals surface area contributed by atoms with Crippen molar-refractivity contribution in [1.29, 1.82) is 0 Å². The van der Waals surface area contributed by atoms with Crippen molar-refractivity contribution < 1.29 is 32.5 Å². The molecule has 0 amide bonds. The summed E-state index contributed by atoms with van der Waals surface area (Å²) in [4.78, 5) is 15.4. The van der Waals surface area contributed by atoms with Crippen LogP contribution in [0.3, 0.4) is 0 Å². The number of carboxylic acids is 1. The first-order valence-electron chi connectivity index (χ1n) is 9.06. The Morgan fingerprint density at radius 1 is 1.07 bits per heavy atom. The molecule has 0 radical (unpaired) electrons. The second-order valence-corrected chi connectivity index (χ2v) is 6.31. The molecule has 8 heteroatoms. The van der Waals surface area contributed by atoms with Crippen LogP contribution < -0.4 is 9.47 Å². The Kier molecular flexibility index (Phi) is 6.25. The fourth-order valence-corrected chi connectivity index (χ4v) is 2.99. The lowest BCUT2D eigenvalue weighted by molar-refractivity contribution is -0.274. The van der Waals surface area contributed by atoms with Crippen molar-refractivity contribution in [2.75, 3.05) is 6.61 Å². The number of rotatable bonds is 7. The van der Waals surface area contributed by atoms with Gasteiger partial charge in [-0.25, -0.2) is 4.79 Å². The second-order valence-electron chi connectivity index (χ2n) is 6.31. The summed E-state index contributed by atoms with van der Waals surface area (Å²) in [7, 11) is 0. The predicted molar refractivity (Wildman–Crippen MR) is 104 cm³/mol. The largest absolute Gasteiger partial charge is 0.573 e. The quantitative estimate of drug-likeness (QED) is 0.562. The first kappa shape index (κ1) is 21.2. The number of alkyl halides is 3. The van der Waals surface area contributed by atoms with Crippen molar-refractivity contribution in [1.82, 2.24) is 4.98 Å². The molecule has 3 aromatic rings. The van der Waals surface area contributed by atoms with Crippen LogP contribution in [0.5, 0.6) is 11.5 Å². The van der Waals surface area contributed by atoms with Gasteiger partial charge in [-0.15, -0.1) is 13.2 Å². The molecule has 0 aliphatic carbocycles. The maximum atomic E-state index is 13.0. The van der Waals surface area contributed by atoms with Crippen molar-refractivity contribution in [3.05, 3.63) is 77.6 Å². The number of halogens is 3. The summed E-state index contributed by atoms with van der Waals surface area (Å²) in [5.41, 5.74) is 1.38. The third-order valence-corrected chi connectivity index (χ3v) is 4.25. The van der Waals surface area contributed by atoms with E-state index in [1.807, 2.05) is 6.92 Å². The molecule has 0 unspecified atom stereocenters. The fraction of sp³-hybridized carbons (Fsp3) is 0.182. The van der Waals surface area contributed by atoms with E-state index >= 15 is 0 Å². The van der Waals surface area contributed by atoms with Crippen molar-refractivity contribution >= 4 is 5.97 Å². The molecule has 3 rings (SSSR count). The SMILES string of the molecule is CCOc1cccc(-c2ccc(Cc3ncccc3C(=O)O)c(OC(F)(F)F)c2)c1. The average molecular weight is 417 g/mol. The molecule has 30 heavy (non-hydrogen) atoms. The van der Waals surface area contributed by atoms with Gasteiger partial charge in [-0.1, -0.05) is 24.3 Å². The molecule has 0 atom stereocenters. The molecule has 2 aromatic carbocycles. The summed E-state index contributed by atoms with van der Waals surface area (Å²) < 4.78 is 48.7. The lowest BCUT2D eigenvalue weighted by Gasteiger charge is -2.16. The van der Waals surface area contributed by atoms with E-state index < -0.39 is 18.1 Å². The van der Waals surface area contributed by atoms with Gasteiger partial charge in [-0.3, -0.25) is 4.98 Å². The highest BCUT2D eigenvalue weighted by atomic mass is 19.4. The van der Waals surface area contributed by atoms with Gasteiger partial charge in [-0.05, 0) is 48.4 Å². The number of hydrogen-bond acceptors (Lipinski definition) is 4. The van der Waals surface area contributed by atoms with E-state index in [4.69, 9.17) is 4.74 Å². The maximum absolute atomic E-state index is 13.0. The molecule has 0 spiro atoms. The van der Waals surface area contributed by atoms with Gasteiger partial charge in [-0.2, -0.15) is 0 Å². The minimum absolute atomic E-state index is 0.0797. The van der Waals surface area contributed by atoms with Gasteiger partial charge >= 0.3 is 12.3 Å². The number of nitrogens with zero attached hydrogens (tertiary/aromatic N) is 1. The number of hydrogen-bond donors (Lipinski definition) is 1. The topological polar surface area (TPSA) is 68.7 Å². The van der Waals surface area contributed by atoms with E-state index in [1.165, 1.54) is 30.5 Å². The zero-order chi connectivity index (χ0) is 21.7. The van der Waals surface area contributed by atoms with Crippen LogP contribution >= 0.6 is 0 Å². The van der Waals surface area contributed by atoms with Crippen LogP contribution in [0.1, 0.15) is 28.5 Å².